The number of rotatable bonds is 6. The molecule has 0 bridgehead atoms. The number of hydrogen-bond donors (Lipinski definition) is 2. The Morgan fingerprint density at radius 2 is 1.94 bits per heavy atom. The average Bonchev–Trinajstić information content (AvgIpc) is 2.29. The van der Waals surface area contributed by atoms with Gasteiger partial charge in [0.05, 0.1) is 5.56 Å². The van der Waals surface area contributed by atoms with Crippen LogP contribution in [0.25, 0.3) is 0 Å². The maximum atomic E-state index is 10.6. The lowest BCUT2D eigenvalue weighted by Crippen LogP contribution is -2.10. The van der Waals surface area contributed by atoms with Gasteiger partial charge in [-0.25, -0.2) is 4.79 Å². The predicted octanol–water partition coefficient (Wildman–Crippen LogP) is 1.91. The minimum atomic E-state index is -0.901. The third-order valence-corrected chi connectivity index (χ3v) is 2.19. The number of nitrogens with one attached hydrogen (secondary N) is 1. The van der Waals surface area contributed by atoms with E-state index in [-0.39, 0.29) is 0 Å². The molecule has 0 aromatic heterocycles. The maximum Gasteiger partial charge on any atom is 0.335 e. The number of carboxylic acids is 1. The lowest BCUT2D eigenvalue weighted by molar-refractivity contribution is 0.0697. The van der Waals surface area contributed by atoms with E-state index in [1.165, 1.54) is 0 Å². The van der Waals surface area contributed by atoms with Crippen LogP contribution in [0, 0.1) is 0 Å². The van der Waals surface area contributed by atoms with Crippen molar-refractivity contribution in [2.24, 2.45) is 0 Å². The van der Waals surface area contributed by atoms with Crippen LogP contribution in [0.3, 0.4) is 0 Å². The fourth-order valence-corrected chi connectivity index (χ4v) is 1.28. The molecule has 0 aliphatic heterocycles. The molecule has 0 fully saturated rings. The highest BCUT2D eigenvalue weighted by Crippen LogP contribution is 2.08. The van der Waals surface area contributed by atoms with Crippen molar-refractivity contribution in [1.29, 1.82) is 0 Å². The molecule has 0 saturated carbocycles. The van der Waals surface area contributed by atoms with E-state index in [1.54, 1.807) is 24.3 Å². The molecule has 4 heteroatoms. The average molecular weight is 234 g/mol. The summed E-state index contributed by atoms with van der Waals surface area (Å²) < 4.78 is 0. The molecule has 0 heterocycles. The Hall–Kier alpha value is -1.81. The summed E-state index contributed by atoms with van der Waals surface area (Å²) in [7, 11) is 4.03. The van der Waals surface area contributed by atoms with Gasteiger partial charge >= 0.3 is 5.97 Å². The number of aromatic carboxylic acids is 1. The van der Waals surface area contributed by atoms with E-state index in [4.69, 9.17) is 5.11 Å². The summed E-state index contributed by atoms with van der Waals surface area (Å²) in [4.78, 5) is 12.7. The van der Waals surface area contributed by atoms with Crippen LogP contribution in [0.15, 0.2) is 36.4 Å². The Labute approximate surface area is 102 Å². The maximum absolute atomic E-state index is 10.6. The molecule has 1 aromatic carbocycles. The Balaban J connectivity index is 2.37. The van der Waals surface area contributed by atoms with E-state index >= 15 is 0 Å². The van der Waals surface area contributed by atoms with Gasteiger partial charge in [-0.1, -0.05) is 12.2 Å². The quantitative estimate of drug-likeness (QED) is 0.738. The van der Waals surface area contributed by atoms with Gasteiger partial charge in [-0.15, -0.1) is 0 Å². The second kappa shape index (κ2) is 6.70. The summed E-state index contributed by atoms with van der Waals surface area (Å²) in [5.74, 6) is -0.901. The van der Waals surface area contributed by atoms with E-state index in [0.717, 1.165) is 18.8 Å². The normalized spacial score (nSPS) is 11.0. The molecule has 0 atom stereocenters. The number of carboxylic acid groups (broad SMARTS) is 1. The number of hydrogen-bond acceptors (Lipinski definition) is 3. The number of likely N-dealkylation sites (N-methyl/N-ethyl adjacent to an activating group) is 1. The summed E-state index contributed by atoms with van der Waals surface area (Å²) >= 11 is 0. The fourth-order valence-electron chi connectivity index (χ4n) is 1.28. The van der Waals surface area contributed by atoms with Crippen LogP contribution in [0.2, 0.25) is 0 Å². The minimum absolute atomic E-state index is 0.304. The number of carbonyl (C=O) groups is 1. The zero-order valence-corrected chi connectivity index (χ0v) is 10.2. The highest BCUT2D eigenvalue weighted by Gasteiger charge is 2.00. The summed E-state index contributed by atoms with van der Waals surface area (Å²) in [6.07, 6.45) is 4.13. The Morgan fingerprint density at radius 1 is 1.29 bits per heavy atom. The molecule has 0 radical (unpaired) electrons. The first-order chi connectivity index (χ1) is 8.09. The highest BCUT2D eigenvalue weighted by atomic mass is 16.4. The molecule has 0 amide bonds. The lowest BCUT2D eigenvalue weighted by Gasteiger charge is -2.05. The molecule has 1 rings (SSSR count). The van der Waals surface area contributed by atoms with Crippen LogP contribution in [-0.2, 0) is 0 Å². The molecule has 2 N–H and O–H groups in total. The van der Waals surface area contributed by atoms with Gasteiger partial charge in [-0.2, -0.15) is 0 Å². The Bertz CT molecular complexity index is 383. The third-order valence-electron chi connectivity index (χ3n) is 2.19. The van der Waals surface area contributed by atoms with Crippen molar-refractivity contribution in [3.63, 3.8) is 0 Å². The van der Waals surface area contributed by atoms with Crippen LogP contribution >= 0.6 is 0 Å². The Kier molecular flexibility index (Phi) is 5.23. The first-order valence-corrected chi connectivity index (χ1v) is 5.46. The number of anilines is 1. The summed E-state index contributed by atoms with van der Waals surface area (Å²) in [6.45, 7) is 1.65. The molecule has 0 aliphatic rings. The fraction of sp³-hybridized carbons (Fsp3) is 0.308. The van der Waals surface area contributed by atoms with Crippen molar-refractivity contribution in [1.82, 2.24) is 4.90 Å². The molecule has 4 nitrogen and oxygen atoms in total. The van der Waals surface area contributed by atoms with Gasteiger partial charge in [0.2, 0.25) is 0 Å². The van der Waals surface area contributed by atoms with E-state index in [2.05, 4.69) is 16.3 Å². The van der Waals surface area contributed by atoms with E-state index < -0.39 is 5.97 Å². The molecule has 0 spiro atoms. The van der Waals surface area contributed by atoms with Crippen LogP contribution in [-0.4, -0.2) is 43.2 Å². The SMILES string of the molecule is CN(C)CC=CCNc1ccc(C(=O)O)cc1. The van der Waals surface area contributed by atoms with Gasteiger partial charge in [-0.05, 0) is 38.4 Å². The topological polar surface area (TPSA) is 52.6 Å². The highest BCUT2D eigenvalue weighted by molar-refractivity contribution is 5.87. The van der Waals surface area contributed by atoms with Crippen molar-refractivity contribution in [3.8, 4) is 0 Å². The number of benzene rings is 1. The molecule has 0 unspecified atom stereocenters. The predicted molar refractivity (Wildman–Crippen MR) is 69.6 cm³/mol. The van der Waals surface area contributed by atoms with Crippen molar-refractivity contribution in [3.05, 3.63) is 42.0 Å². The van der Waals surface area contributed by atoms with E-state index in [1.807, 2.05) is 20.2 Å². The van der Waals surface area contributed by atoms with Crippen molar-refractivity contribution < 1.29 is 9.90 Å². The van der Waals surface area contributed by atoms with Crippen molar-refractivity contribution >= 4 is 11.7 Å². The monoisotopic (exact) mass is 234 g/mol. The summed E-state index contributed by atoms with van der Waals surface area (Å²) in [6, 6.07) is 6.72. The zero-order chi connectivity index (χ0) is 12.7. The minimum Gasteiger partial charge on any atom is -0.478 e. The zero-order valence-electron chi connectivity index (χ0n) is 10.2. The van der Waals surface area contributed by atoms with Crippen molar-refractivity contribution in [2.75, 3.05) is 32.5 Å². The van der Waals surface area contributed by atoms with Gasteiger partial charge in [0.15, 0.2) is 0 Å². The van der Waals surface area contributed by atoms with Crippen LogP contribution in [0.4, 0.5) is 5.69 Å². The first-order valence-electron chi connectivity index (χ1n) is 5.46. The van der Waals surface area contributed by atoms with Gasteiger partial charge in [-0.3, -0.25) is 0 Å². The van der Waals surface area contributed by atoms with E-state index in [0.29, 0.717) is 5.56 Å². The van der Waals surface area contributed by atoms with Gasteiger partial charge in [0, 0.05) is 18.8 Å². The number of nitrogens with zero attached hydrogens (tertiary/aromatic N) is 1. The third kappa shape index (κ3) is 5.17. The molecular formula is C13H18N2O2. The first kappa shape index (κ1) is 13.3. The Morgan fingerprint density at radius 3 is 2.47 bits per heavy atom. The molecule has 92 valence electrons. The second-order valence-corrected chi connectivity index (χ2v) is 4.00. The molecule has 0 saturated heterocycles. The molecule has 0 aliphatic carbocycles. The smallest absolute Gasteiger partial charge is 0.335 e. The molecular weight excluding hydrogens is 216 g/mol. The molecule has 1 aromatic rings. The van der Waals surface area contributed by atoms with Gasteiger partial charge in [0.25, 0.3) is 0 Å². The van der Waals surface area contributed by atoms with Gasteiger partial charge in [0.1, 0.15) is 0 Å². The lowest BCUT2D eigenvalue weighted by atomic mass is 10.2. The van der Waals surface area contributed by atoms with Gasteiger partial charge < -0.3 is 15.3 Å². The van der Waals surface area contributed by atoms with Crippen LogP contribution in [0.5, 0.6) is 0 Å². The van der Waals surface area contributed by atoms with Crippen LogP contribution < -0.4 is 5.32 Å². The molecule has 17 heavy (non-hydrogen) atoms. The second-order valence-electron chi connectivity index (χ2n) is 4.00. The van der Waals surface area contributed by atoms with E-state index in [9.17, 15) is 4.79 Å². The summed E-state index contributed by atoms with van der Waals surface area (Å²) in [5, 5.41) is 11.9. The summed E-state index contributed by atoms with van der Waals surface area (Å²) in [5.41, 5.74) is 1.23. The van der Waals surface area contributed by atoms with Crippen LogP contribution in [0.1, 0.15) is 10.4 Å². The largest absolute Gasteiger partial charge is 0.478 e. The standard InChI is InChI=1S/C13H18N2O2/c1-15(2)10-4-3-9-14-12-7-5-11(6-8-12)13(16)17/h3-8,14H,9-10H2,1-2H3,(H,16,17). The van der Waals surface area contributed by atoms with Crippen molar-refractivity contribution in [2.45, 2.75) is 0 Å².